The molecule has 0 aromatic rings. The van der Waals surface area contributed by atoms with Crippen LogP contribution in [-0.2, 0) is 0 Å². The smallest absolute Gasteiger partial charge is 0.0990 e. The summed E-state index contributed by atoms with van der Waals surface area (Å²) < 4.78 is 0. The average molecular weight is 351 g/mol. The average Bonchev–Trinajstić information content (AvgIpc) is 3.09. The van der Waals surface area contributed by atoms with E-state index >= 15 is 0 Å². The molecule has 148 valence electrons. The van der Waals surface area contributed by atoms with E-state index in [4.69, 9.17) is 0 Å². The Morgan fingerprint density at radius 1 is 0.640 bits per heavy atom. The van der Waals surface area contributed by atoms with E-state index in [-0.39, 0.29) is 0 Å². The van der Waals surface area contributed by atoms with E-state index < -0.39 is 0 Å². The Morgan fingerprint density at radius 3 is 1.52 bits per heavy atom. The first kappa shape index (κ1) is 22.5. The number of unbranched alkanes of at least 4 members (excludes halogenated alkanes) is 15. The summed E-state index contributed by atoms with van der Waals surface area (Å²) in [5.41, 5.74) is 0. The second-order valence-corrected chi connectivity index (χ2v) is 7.93. The molecule has 1 aliphatic rings. The van der Waals surface area contributed by atoms with Crippen LogP contribution in [0.5, 0.6) is 0 Å². The van der Waals surface area contributed by atoms with Crippen LogP contribution in [0.3, 0.4) is 0 Å². The minimum absolute atomic E-state index is 1.03. The van der Waals surface area contributed by atoms with Crippen molar-refractivity contribution in [1.29, 1.82) is 0 Å². The summed E-state index contributed by atoms with van der Waals surface area (Å²) in [7, 11) is 0. The Kier molecular flexibility index (Phi) is 15.2. The predicted octanol–water partition coefficient (Wildman–Crippen LogP) is 7.37. The summed E-state index contributed by atoms with van der Waals surface area (Å²) in [5, 5.41) is 0. The lowest BCUT2D eigenvalue weighted by molar-refractivity contribution is 0.469. The Bertz CT molecular complexity index is 311. The van der Waals surface area contributed by atoms with Crippen molar-refractivity contribution in [2.45, 2.75) is 123 Å². The molecule has 0 bridgehead atoms. The van der Waals surface area contributed by atoms with Crippen LogP contribution in [0, 0.1) is 0 Å². The zero-order valence-electron chi connectivity index (χ0n) is 17.5. The van der Waals surface area contributed by atoms with E-state index in [2.05, 4.69) is 23.7 Å². The number of likely N-dealkylation sites (N-methyl/N-ethyl adjacent to an activating group) is 1. The van der Waals surface area contributed by atoms with Gasteiger partial charge in [0.05, 0.1) is 12.4 Å². The zero-order valence-corrected chi connectivity index (χ0v) is 17.5. The maximum absolute atomic E-state index is 4.64. The van der Waals surface area contributed by atoms with E-state index in [1.807, 2.05) is 0 Å². The fourth-order valence-corrected chi connectivity index (χ4v) is 3.94. The summed E-state index contributed by atoms with van der Waals surface area (Å²) in [4.78, 5) is 7.09. The molecule has 0 amide bonds. The first-order valence-corrected chi connectivity index (χ1v) is 11.7. The highest BCUT2D eigenvalue weighted by atomic mass is 15.2. The molecule has 0 fully saturated rings. The molecule has 0 spiro atoms. The molecule has 2 nitrogen and oxygen atoms in total. The van der Waals surface area contributed by atoms with Crippen LogP contribution in [-0.4, -0.2) is 30.4 Å². The fourth-order valence-electron chi connectivity index (χ4n) is 3.94. The SMILES string of the molecule is CCCCCCCCCCCCCCCCCCC1=NCCN1CC. The summed E-state index contributed by atoms with van der Waals surface area (Å²) in [5.74, 6) is 1.38. The minimum atomic E-state index is 1.03. The monoisotopic (exact) mass is 350 g/mol. The van der Waals surface area contributed by atoms with Gasteiger partial charge in [0, 0.05) is 19.5 Å². The number of amidine groups is 1. The maximum atomic E-state index is 4.64. The minimum Gasteiger partial charge on any atom is -0.359 e. The molecule has 0 aliphatic carbocycles. The maximum Gasteiger partial charge on any atom is 0.0990 e. The van der Waals surface area contributed by atoms with Gasteiger partial charge < -0.3 is 4.90 Å². The molecule has 0 unspecified atom stereocenters. The Morgan fingerprint density at radius 2 is 1.08 bits per heavy atom. The highest BCUT2D eigenvalue weighted by Gasteiger charge is 2.13. The van der Waals surface area contributed by atoms with Crippen molar-refractivity contribution in [2.24, 2.45) is 4.99 Å². The van der Waals surface area contributed by atoms with Gasteiger partial charge in [-0.05, 0) is 13.3 Å². The van der Waals surface area contributed by atoms with Gasteiger partial charge in [-0.2, -0.15) is 0 Å². The van der Waals surface area contributed by atoms with Crippen molar-refractivity contribution < 1.29 is 0 Å². The molecule has 0 N–H and O–H groups in total. The summed E-state index contributed by atoms with van der Waals surface area (Å²) in [6, 6.07) is 0. The number of aliphatic imine (C=N–C) groups is 1. The lowest BCUT2D eigenvalue weighted by Crippen LogP contribution is -2.27. The molecule has 1 rings (SSSR count). The third kappa shape index (κ3) is 12.5. The molecule has 2 heteroatoms. The highest BCUT2D eigenvalue weighted by molar-refractivity contribution is 5.83. The first-order chi connectivity index (χ1) is 12.4. The molecule has 1 heterocycles. The van der Waals surface area contributed by atoms with E-state index in [1.54, 1.807) is 0 Å². The van der Waals surface area contributed by atoms with Crippen LogP contribution in [0.25, 0.3) is 0 Å². The summed E-state index contributed by atoms with van der Waals surface area (Å²) in [6.07, 6.45) is 24.3. The van der Waals surface area contributed by atoms with Crippen molar-refractivity contribution in [3.05, 3.63) is 0 Å². The Hall–Kier alpha value is -0.530. The van der Waals surface area contributed by atoms with Crippen molar-refractivity contribution >= 4 is 5.84 Å². The standard InChI is InChI=1S/C23H46N2/c1-3-5-6-7-8-9-10-11-12-13-14-15-16-17-18-19-20-23-24-21-22-25(23)4-2/h3-22H2,1-2H3. The summed E-state index contributed by atoms with van der Waals surface area (Å²) >= 11 is 0. The third-order valence-corrected chi connectivity index (χ3v) is 5.66. The first-order valence-electron chi connectivity index (χ1n) is 11.7. The van der Waals surface area contributed by atoms with Gasteiger partial charge in [0.1, 0.15) is 0 Å². The molecule has 25 heavy (non-hydrogen) atoms. The number of nitrogens with zero attached hydrogens (tertiary/aromatic N) is 2. The van der Waals surface area contributed by atoms with Gasteiger partial charge in [0.2, 0.25) is 0 Å². The Labute approximate surface area is 158 Å². The van der Waals surface area contributed by atoms with Gasteiger partial charge >= 0.3 is 0 Å². The predicted molar refractivity (Wildman–Crippen MR) is 114 cm³/mol. The lowest BCUT2D eigenvalue weighted by atomic mass is 10.0. The van der Waals surface area contributed by atoms with Gasteiger partial charge in [0.25, 0.3) is 0 Å². The van der Waals surface area contributed by atoms with Crippen LogP contribution in [0.2, 0.25) is 0 Å². The zero-order chi connectivity index (χ0) is 18.0. The summed E-state index contributed by atoms with van der Waals surface area (Å²) in [6.45, 7) is 7.87. The van der Waals surface area contributed by atoms with Crippen molar-refractivity contribution in [3.63, 3.8) is 0 Å². The van der Waals surface area contributed by atoms with Crippen molar-refractivity contribution in [2.75, 3.05) is 19.6 Å². The molecule has 0 aromatic carbocycles. The van der Waals surface area contributed by atoms with Gasteiger partial charge in [-0.15, -0.1) is 0 Å². The van der Waals surface area contributed by atoms with Crippen LogP contribution in [0.4, 0.5) is 0 Å². The molecular formula is C23H46N2. The topological polar surface area (TPSA) is 15.6 Å². The van der Waals surface area contributed by atoms with Crippen molar-refractivity contribution in [3.8, 4) is 0 Å². The normalized spacial score (nSPS) is 14.3. The highest BCUT2D eigenvalue weighted by Crippen LogP contribution is 2.15. The molecule has 0 atom stereocenters. The quantitative estimate of drug-likeness (QED) is 0.236. The van der Waals surface area contributed by atoms with Gasteiger partial charge in [-0.1, -0.05) is 103 Å². The van der Waals surface area contributed by atoms with Gasteiger partial charge in [-0.25, -0.2) is 0 Å². The van der Waals surface area contributed by atoms with Crippen LogP contribution in [0.15, 0.2) is 4.99 Å². The largest absolute Gasteiger partial charge is 0.359 e. The Balaban J connectivity index is 1.72. The molecule has 1 aliphatic heterocycles. The van der Waals surface area contributed by atoms with E-state index in [0.717, 1.165) is 19.6 Å². The van der Waals surface area contributed by atoms with E-state index in [9.17, 15) is 0 Å². The van der Waals surface area contributed by atoms with Crippen molar-refractivity contribution in [1.82, 2.24) is 4.90 Å². The van der Waals surface area contributed by atoms with E-state index in [1.165, 1.54) is 115 Å². The van der Waals surface area contributed by atoms with Crippen LogP contribution < -0.4 is 0 Å². The van der Waals surface area contributed by atoms with Crippen LogP contribution in [0.1, 0.15) is 123 Å². The third-order valence-electron chi connectivity index (χ3n) is 5.66. The number of hydrogen-bond acceptors (Lipinski definition) is 2. The fraction of sp³-hybridized carbons (Fsp3) is 0.957. The van der Waals surface area contributed by atoms with Gasteiger partial charge in [0.15, 0.2) is 0 Å². The molecule has 0 radical (unpaired) electrons. The molecular weight excluding hydrogens is 304 g/mol. The number of rotatable bonds is 18. The molecule has 0 aromatic heterocycles. The number of hydrogen-bond donors (Lipinski definition) is 0. The lowest BCUT2D eigenvalue weighted by Gasteiger charge is -2.17. The second-order valence-electron chi connectivity index (χ2n) is 7.93. The van der Waals surface area contributed by atoms with Gasteiger partial charge in [-0.3, -0.25) is 4.99 Å². The second kappa shape index (κ2) is 16.9. The molecule has 0 saturated carbocycles. The van der Waals surface area contributed by atoms with Crippen LogP contribution >= 0.6 is 0 Å². The molecule has 0 saturated heterocycles. The van der Waals surface area contributed by atoms with E-state index in [0.29, 0.717) is 0 Å².